The third-order valence-electron chi connectivity index (χ3n) is 4.53. The molecule has 0 bridgehead atoms. The lowest BCUT2D eigenvalue weighted by molar-refractivity contribution is 0.344. The summed E-state index contributed by atoms with van der Waals surface area (Å²) in [6.45, 7) is 0.0233. The van der Waals surface area contributed by atoms with Crippen LogP contribution in [-0.4, -0.2) is 61.4 Å². The quantitative estimate of drug-likeness (QED) is 0.699. The van der Waals surface area contributed by atoms with Gasteiger partial charge in [0.15, 0.2) is 11.6 Å². The number of aryl methyl sites for hydroxylation is 1. The van der Waals surface area contributed by atoms with E-state index in [1.807, 2.05) is 0 Å². The molecule has 0 atom stereocenters. The van der Waals surface area contributed by atoms with Gasteiger partial charge in [0.05, 0.1) is 17.3 Å². The van der Waals surface area contributed by atoms with Crippen molar-refractivity contribution < 1.29 is 26.0 Å². The highest BCUT2D eigenvalue weighted by atomic mass is 32.2. The number of piperidine rings is 1. The van der Waals surface area contributed by atoms with Crippen LogP contribution in [0, 0.1) is 5.82 Å². The Morgan fingerprint density at radius 3 is 2.37 bits per heavy atom. The maximum Gasteiger partial charge on any atom is 0.249 e. The Kier molecular flexibility index (Phi) is 5.23. The molecule has 1 aromatic carbocycles. The van der Waals surface area contributed by atoms with Gasteiger partial charge in [0.1, 0.15) is 6.33 Å². The number of nitrogens with zero attached hydrogens (tertiary/aromatic N) is 4. The predicted octanol–water partition coefficient (Wildman–Crippen LogP) is 0.590. The summed E-state index contributed by atoms with van der Waals surface area (Å²) in [7, 11) is -4.82. The third kappa shape index (κ3) is 3.56. The number of methoxy groups -OCH3 is 1. The Labute approximate surface area is 156 Å². The van der Waals surface area contributed by atoms with Gasteiger partial charge in [-0.3, -0.25) is 0 Å². The van der Waals surface area contributed by atoms with E-state index in [1.54, 1.807) is 0 Å². The van der Waals surface area contributed by atoms with Gasteiger partial charge in [0.25, 0.3) is 0 Å². The van der Waals surface area contributed by atoms with Gasteiger partial charge >= 0.3 is 0 Å². The van der Waals surface area contributed by atoms with Crippen molar-refractivity contribution in [1.82, 2.24) is 19.1 Å². The van der Waals surface area contributed by atoms with Crippen LogP contribution in [0.2, 0.25) is 0 Å². The fourth-order valence-corrected chi connectivity index (χ4v) is 6.24. The van der Waals surface area contributed by atoms with Gasteiger partial charge in [-0.05, 0) is 31.0 Å². The first kappa shape index (κ1) is 19.7. The lowest BCUT2D eigenvalue weighted by atomic mass is 10.2. The number of aromatic nitrogens is 3. The zero-order valence-corrected chi connectivity index (χ0v) is 16.4. The molecular weight excluding hydrogens is 399 g/mol. The number of rotatable bonds is 5. The molecular formula is C15H19FN4O5S2. The van der Waals surface area contributed by atoms with E-state index < -0.39 is 30.9 Å². The Balaban J connectivity index is 1.77. The topological polar surface area (TPSA) is 111 Å². The van der Waals surface area contributed by atoms with Crippen LogP contribution in [0.25, 0.3) is 0 Å². The summed E-state index contributed by atoms with van der Waals surface area (Å²) in [6, 6.07) is 3.41. The lowest BCUT2D eigenvalue weighted by Gasteiger charge is -2.30. The summed E-state index contributed by atoms with van der Waals surface area (Å²) < 4.78 is 71.9. The lowest BCUT2D eigenvalue weighted by Crippen LogP contribution is -2.42. The van der Waals surface area contributed by atoms with E-state index in [2.05, 4.69) is 10.2 Å². The zero-order valence-electron chi connectivity index (χ0n) is 14.7. The maximum absolute atomic E-state index is 13.9. The van der Waals surface area contributed by atoms with Crippen LogP contribution in [0.3, 0.4) is 0 Å². The van der Waals surface area contributed by atoms with Gasteiger partial charge < -0.3 is 9.30 Å². The van der Waals surface area contributed by atoms with Gasteiger partial charge in [-0.25, -0.2) is 21.2 Å². The Bertz CT molecular complexity index is 1040. The molecule has 0 unspecified atom stereocenters. The van der Waals surface area contributed by atoms with E-state index in [4.69, 9.17) is 4.74 Å². The second kappa shape index (κ2) is 7.17. The van der Waals surface area contributed by atoms with Crippen molar-refractivity contribution in [1.29, 1.82) is 0 Å². The van der Waals surface area contributed by atoms with Crippen LogP contribution in [0.5, 0.6) is 5.75 Å². The largest absolute Gasteiger partial charge is 0.494 e. The number of sulfonamides is 1. The smallest absolute Gasteiger partial charge is 0.249 e. The zero-order chi connectivity index (χ0) is 19.8. The highest BCUT2D eigenvalue weighted by Gasteiger charge is 2.37. The predicted molar refractivity (Wildman–Crippen MR) is 92.9 cm³/mol. The molecule has 2 heterocycles. The van der Waals surface area contributed by atoms with E-state index >= 15 is 0 Å². The van der Waals surface area contributed by atoms with E-state index in [1.165, 1.54) is 37.2 Å². The molecule has 12 heteroatoms. The van der Waals surface area contributed by atoms with Crippen molar-refractivity contribution in [3.8, 4) is 5.75 Å². The molecule has 2 aromatic rings. The molecule has 1 fully saturated rings. The molecule has 0 aliphatic carbocycles. The summed E-state index contributed by atoms with van der Waals surface area (Å²) in [5, 5.41) is 6.34. The Morgan fingerprint density at radius 2 is 1.85 bits per heavy atom. The molecule has 1 saturated heterocycles. The van der Waals surface area contributed by atoms with Gasteiger partial charge in [-0.2, -0.15) is 4.31 Å². The van der Waals surface area contributed by atoms with E-state index in [9.17, 15) is 21.2 Å². The molecule has 0 radical (unpaired) electrons. The average Bonchev–Trinajstić information content (AvgIpc) is 3.08. The maximum atomic E-state index is 13.9. The molecule has 0 amide bonds. The van der Waals surface area contributed by atoms with Crippen molar-refractivity contribution in [3.63, 3.8) is 0 Å². The molecule has 1 aliphatic heterocycles. The Hall–Kier alpha value is -2.05. The normalized spacial score (nSPS) is 17.1. The van der Waals surface area contributed by atoms with Gasteiger partial charge in [-0.15, -0.1) is 10.2 Å². The number of hydrogen-bond acceptors (Lipinski definition) is 7. The molecule has 1 aromatic heterocycles. The van der Waals surface area contributed by atoms with E-state index in [0.29, 0.717) is 0 Å². The number of ether oxygens (including phenoxy) is 1. The molecule has 3 rings (SSSR count). The number of hydrogen-bond donors (Lipinski definition) is 0. The number of benzene rings is 1. The second-order valence-electron chi connectivity index (χ2n) is 6.17. The summed E-state index contributed by atoms with van der Waals surface area (Å²) in [4.78, 5) is -0.199. The summed E-state index contributed by atoms with van der Waals surface area (Å²) in [5.41, 5.74) is 0. The monoisotopic (exact) mass is 418 g/mol. The minimum atomic E-state index is -3.93. The van der Waals surface area contributed by atoms with Crippen LogP contribution < -0.4 is 4.74 Å². The highest BCUT2D eigenvalue weighted by molar-refractivity contribution is 7.92. The minimum Gasteiger partial charge on any atom is -0.494 e. The van der Waals surface area contributed by atoms with Crippen molar-refractivity contribution in [2.45, 2.75) is 28.1 Å². The van der Waals surface area contributed by atoms with Crippen molar-refractivity contribution in [3.05, 3.63) is 30.3 Å². The fourth-order valence-electron chi connectivity index (χ4n) is 3.02. The van der Waals surface area contributed by atoms with Crippen LogP contribution in [0.4, 0.5) is 4.39 Å². The molecule has 0 N–H and O–H groups in total. The van der Waals surface area contributed by atoms with Crippen LogP contribution in [0.15, 0.2) is 34.6 Å². The van der Waals surface area contributed by atoms with Gasteiger partial charge in [0.2, 0.25) is 25.0 Å². The molecule has 148 valence electrons. The number of sulfone groups is 1. The first-order chi connectivity index (χ1) is 12.7. The molecule has 27 heavy (non-hydrogen) atoms. The van der Waals surface area contributed by atoms with Crippen molar-refractivity contribution >= 4 is 19.9 Å². The van der Waals surface area contributed by atoms with Gasteiger partial charge in [0, 0.05) is 20.1 Å². The highest BCUT2D eigenvalue weighted by Crippen LogP contribution is 2.28. The first-order valence-corrected chi connectivity index (χ1v) is 11.1. The third-order valence-corrected chi connectivity index (χ3v) is 8.65. The minimum absolute atomic E-state index is 0.0116. The fraction of sp³-hybridized carbons (Fsp3) is 0.467. The van der Waals surface area contributed by atoms with E-state index in [0.717, 1.165) is 10.4 Å². The summed E-state index contributed by atoms with van der Waals surface area (Å²) in [6.07, 6.45) is 1.53. The van der Waals surface area contributed by atoms with Gasteiger partial charge in [-0.1, -0.05) is 0 Å². The van der Waals surface area contributed by atoms with Crippen LogP contribution in [-0.2, 0) is 26.9 Å². The first-order valence-electron chi connectivity index (χ1n) is 8.09. The summed E-state index contributed by atoms with van der Waals surface area (Å²) in [5.74, 6) is -0.833. The molecule has 0 saturated carbocycles. The molecule has 9 nitrogen and oxygen atoms in total. The SMILES string of the molecule is COc1ccc(S(=O)(=O)N2CCC(S(=O)(=O)c3nncn3C)CC2)cc1F. The standard InChI is InChI=1S/C15H19FN4O5S2/c1-19-10-17-18-15(19)26(21,22)11-5-7-20(8-6-11)27(23,24)12-3-4-14(25-2)13(16)9-12/h3-4,9-11H,5-8H2,1-2H3. The second-order valence-corrected chi connectivity index (χ2v) is 10.2. The van der Waals surface area contributed by atoms with Crippen LogP contribution >= 0.6 is 0 Å². The van der Waals surface area contributed by atoms with E-state index in [-0.39, 0.29) is 41.7 Å². The average molecular weight is 418 g/mol. The Morgan fingerprint density at radius 1 is 1.19 bits per heavy atom. The van der Waals surface area contributed by atoms with Crippen molar-refractivity contribution in [2.75, 3.05) is 20.2 Å². The number of halogens is 1. The molecule has 1 aliphatic rings. The van der Waals surface area contributed by atoms with Crippen molar-refractivity contribution in [2.24, 2.45) is 7.05 Å². The molecule has 0 spiro atoms. The summed E-state index contributed by atoms with van der Waals surface area (Å²) >= 11 is 0. The van der Waals surface area contributed by atoms with Crippen LogP contribution in [0.1, 0.15) is 12.8 Å².